The first-order valence-electron chi connectivity index (χ1n) is 9.55. The molecule has 0 saturated carbocycles. The summed E-state index contributed by atoms with van der Waals surface area (Å²) in [6, 6.07) is 12.2. The molecule has 0 bridgehead atoms. The third kappa shape index (κ3) is 4.19. The number of anilines is 1. The molecule has 0 unspecified atom stereocenters. The Bertz CT molecular complexity index is 1290. The van der Waals surface area contributed by atoms with E-state index in [9.17, 15) is 4.79 Å². The fraction of sp³-hybridized carbons (Fsp3) is 0.174. The maximum atomic E-state index is 11.1. The van der Waals surface area contributed by atoms with Crippen molar-refractivity contribution in [3.8, 4) is 17.1 Å². The standard InChI is InChI=1S/C23H20ClN3O3S/c1-12-13(2)31-22-19(12)21(25-11-14-4-9-18(30-3)17(24)10-14)26-20(27-22)15-5-7-16(8-6-15)23(28)29/h4-10H,11H2,1-3H3,(H,28,29)(H,25,26,27). The van der Waals surface area contributed by atoms with E-state index in [2.05, 4.69) is 19.2 Å². The highest BCUT2D eigenvalue weighted by atomic mass is 35.5. The number of nitrogens with one attached hydrogen (secondary N) is 1. The van der Waals surface area contributed by atoms with E-state index < -0.39 is 5.97 Å². The van der Waals surface area contributed by atoms with Crippen LogP contribution in [0.5, 0.6) is 5.75 Å². The molecular formula is C23H20ClN3O3S. The molecule has 2 N–H and O–H groups in total. The SMILES string of the molecule is COc1ccc(CNc2nc(-c3ccc(C(=O)O)cc3)nc3sc(C)c(C)c23)cc1Cl. The van der Waals surface area contributed by atoms with Crippen LogP contribution in [0.1, 0.15) is 26.4 Å². The number of fused-ring (bicyclic) bond motifs is 1. The van der Waals surface area contributed by atoms with Crippen LogP contribution in [0.3, 0.4) is 0 Å². The number of aromatic nitrogens is 2. The fourth-order valence-electron chi connectivity index (χ4n) is 3.27. The van der Waals surface area contributed by atoms with E-state index in [0.29, 0.717) is 23.1 Å². The molecule has 6 nitrogen and oxygen atoms in total. The summed E-state index contributed by atoms with van der Waals surface area (Å²) in [7, 11) is 1.59. The minimum Gasteiger partial charge on any atom is -0.495 e. The highest BCUT2D eigenvalue weighted by Gasteiger charge is 2.16. The molecule has 4 rings (SSSR count). The molecule has 0 spiro atoms. The van der Waals surface area contributed by atoms with Gasteiger partial charge in [-0.2, -0.15) is 0 Å². The average molecular weight is 454 g/mol. The minimum absolute atomic E-state index is 0.224. The van der Waals surface area contributed by atoms with Crippen LogP contribution in [0.2, 0.25) is 5.02 Å². The van der Waals surface area contributed by atoms with Gasteiger partial charge in [0.2, 0.25) is 0 Å². The molecule has 0 atom stereocenters. The van der Waals surface area contributed by atoms with Gasteiger partial charge in [-0.25, -0.2) is 14.8 Å². The second kappa shape index (κ2) is 8.53. The highest BCUT2D eigenvalue weighted by Crippen LogP contribution is 2.35. The molecule has 8 heteroatoms. The van der Waals surface area contributed by atoms with Gasteiger partial charge in [0, 0.05) is 17.0 Å². The molecule has 0 fully saturated rings. The second-order valence-corrected chi connectivity index (χ2v) is 8.67. The van der Waals surface area contributed by atoms with Crippen molar-refractivity contribution in [1.29, 1.82) is 0 Å². The molecule has 0 radical (unpaired) electrons. The molecule has 0 aliphatic heterocycles. The van der Waals surface area contributed by atoms with Crippen LogP contribution in [0, 0.1) is 13.8 Å². The van der Waals surface area contributed by atoms with Crippen LogP contribution in [-0.2, 0) is 6.54 Å². The number of carboxylic acid groups (broad SMARTS) is 1. The quantitative estimate of drug-likeness (QED) is 0.375. The Morgan fingerprint density at radius 2 is 1.90 bits per heavy atom. The Morgan fingerprint density at radius 3 is 2.55 bits per heavy atom. The van der Waals surface area contributed by atoms with Crippen molar-refractivity contribution in [3.63, 3.8) is 0 Å². The van der Waals surface area contributed by atoms with Crippen LogP contribution in [-0.4, -0.2) is 28.2 Å². The summed E-state index contributed by atoms with van der Waals surface area (Å²) in [5.74, 6) is 0.941. The number of benzene rings is 2. The number of carbonyl (C=O) groups is 1. The molecular weight excluding hydrogens is 434 g/mol. The number of aryl methyl sites for hydroxylation is 2. The number of hydrogen-bond acceptors (Lipinski definition) is 6. The number of nitrogens with zero attached hydrogens (tertiary/aromatic N) is 2. The van der Waals surface area contributed by atoms with E-state index in [4.69, 9.17) is 31.4 Å². The van der Waals surface area contributed by atoms with Gasteiger partial charge in [0.15, 0.2) is 5.82 Å². The van der Waals surface area contributed by atoms with Crippen molar-refractivity contribution in [2.24, 2.45) is 0 Å². The predicted molar refractivity (Wildman–Crippen MR) is 125 cm³/mol. The first kappa shape index (κ1) is 21.1. The molecule has 0 aliphatic rings. The molecule has 0 aliphatic carbocycles. The lowest BCUT2D eigenvalue weighted by Gasteiger charge is -2.11. The van der Waals surface area contributed by atoms with Crippen LogP contribution in [0.4, 0.5) is 5.82 Å². The van der Waals surface area contributed by atoms with Crippen molar-refractivity contribution in [3.05, 3.63) is 69.1 Å². The first-order chi connectivity index (χ1) is 14.9. The third-order valence-corrected chi connectivity index (χ3v) is 6.49. The number of carboxylic acids is 1. The second-order valence-electron chi connectivity index (χ2n) is 7.06. The van der Waals surface area contributed by atoms with Crippen molar-refractivity contribution < 1.29 is 14.6 Å². The van der Waals surface area contributed by atoms with E-state index >= 15 is 0 Å². The number of hydrogen-bond donors (Lipinski definition) is 2. The largest absolute Gasteiger partial charge is 0.495 e. The van der Waals surface area contributed by atoms with E-state index in [-0.39, 0.29) is 5.56 Å². The number of rotatable bonds is 6. The maximum absolute atomic E-state index is 11.1. The average Bonchev–Trinajstić information content (AvgIpc) is 3.05. The first-order valence-corrected chi connectivity index (χ1v) is 10.7. The maximum Gasteiger partial charge on any atom is 0.335 e. The third-order valence-electron chi connectivity index (χ3n) is 5.09. The van der Waals surface area contributed by atoms with Crippen LogP contribution in [0.25, 0.3) is 21.6 Å². The zero-order chi connectivity index (χ0) is 22.1. The Kier molecular flexibility index (Phi) is 5.80. The monoisotopic (exact) mass is 453 g/mol. The molecule has 0 amide bonds. The molecule has 158 valence electrons. The zero-order valence-electron chi connectivity index (χ0n) is 17.2. The van der Waals surface area contributed by atoms with Gasteiger partial charge in [-0.3, -0.25) is 0 Å². The lowest BCUT2D eigenvalue weighted by molar-refractivity contribution is 0.0697. The van der Waals surface area contributed by atoms with Gasteiger partial charge in [0.25, 0.3) is 0 Å². The smallest absolute Gasteiger partial charge is 0.335 e. The van der Waals surface area contributed by atoms with E-state index in [1.807, 2.05) is 18.2 Å². The summed E-state index contributed by atoms with van der Waals surface area (Å²) in [4.78, 5) is 22.7. The molecule has 2 heterocycles. The molecule has 2 aromatic carbocycles. The van der Waals surface area contributed by atoms with Gasteiger partial charge in [0.1, 0.15) is 16.4 Å². The summed E-state index contributed by atoms with van der Waals surface area (Å²) in [6.07, 6.45) is 0. The number of ether oxygens (including phenoxy) is 1. The summed E-state index contributed by atoms with van der Waals surface area (Å²) in [6.45, 7) is 4.66. The number of aromatic carboxylic acids is 1. The minimum atomic E-state index is -0.965. The lowest BCUT2D eigenvalue weighted by Crippen LogP contribution is -2.04. The number of thiophene rings is 1. The van der Waals surface area contributed by atoms with Crippen molar-refractivity contribution in [2.45, 2.75) is 20.4 Å². The van der Waals surface area contributed by atoms with Gasteiger partial charge < -0.3 is 15.2 Å². The van der Waals surface area contributed by atoms with E-state index in [0.717, 1.165) is 32.7 Å². The molecule has 31 heavy (non-hydrogen) atoms. The Morgan fingerprint density at radius 1 is 1.16 bits per heavy atom. The number of methoxy groups -OCH3 is 1. The summed E-state index contributed by atoms with van der Waals surface area (Å²) >= 11 is 7.87. The van der Waals surface area contributed by atoms with Crippen molar-refractivity contribution in [1.82, 2.24) is 9.97 Å². The normalized spacial score (nSPS) is 11.0. The van der Waals surface area contributed by atoms with Crippen molar-refractivity contribution >= 4 is 44.9 Å². The summed E-state index contributed by atoms with van der Waals surface area (Å²) in [5.41, 5.74) is 3.12. The van der Waals surface area contributed by atoms with Gasteiger partial charge in [0.05, 0.1) is 23.1 Å². The van der Waals surface area contributed by atoms with E-state index in [1.165, 1.54) is 4.88 Å². The summed E-state index contributed by atoms with van der Waals surface area (Å²) in [5, 5.41) is 14.1. The topological polar surface area (TPSA) is 84.3 Å². The molecule has 4 aromatic rings. The lowest BCUT2D eigenvalue weighted by atomic mass is 10.1. The number of halogens is 1. The van der Waals surface area contributed by atoms with Gasteiger partial charge in [-0.05, 0) is 49.2 Å². The van der Waals surface area contributed by atoms with Gasteiger partial charge in [-0.15, -0.1) is 11.3 Å². The highest BCUT2D eigenvalue weighted by molar-refractivity contribution is 7.18. The van der Waals surface area contributed by atoms with Gasteiger partial charge >= 0.3 is 5.97 Å². The zero-order valence-corrected chi connectivity index (χ0v) is 18.8. The van der Waals surface area contributed by atoms with Crippen LogP contribution >= 0.6 is 22.9 Å². The Hall–Kier alpha value is -3.16. The van der Waals surface area contributed by atoms with Crippen LogP contribution < -0.4 is 10.1 Å². The molecule has 2 aromatic heterocycles. The Labute approximate surface area is 188 Å². The van der Waals surface area contributed by atoms with Crippen LogP contribution in [0.15, 0.2) is 42.5 Å². The fourth-order valence-corrected chi connectivity index (χ4v) is 4.58. The molecule has 0 saturated heterocycles. The van der Waals surface area contributed by atoms with E-state index in [1.54, 1.807) is 42.7 Å². The summed E-state index contributed by atoms with van der Waals surface area (Å²) < 4.78 is 5.22. The van der Waals surface area contributed by atoms with Crippen molar-refractivity contribution in [2.75, 3.05) is 12.4 Å². The Balaban J connectivity index is 1.72. The predicted octanol–water partition coefficient (Wildman–Crippen LogP) is 5.95. The van der Waals surface area contributed by atoms with Gasteiger partial charge in [-0.1, -0.05) is 29.8 Å².